The van der Waals surface area contributed by atoms with E-state index in [-0.39, 0.29) is 0 Å². The van der Waals surface area contributed by atoms with Crippen molar-refractivity contribution in [2.45, 2.75) is 19.4 Å². The van der Waals surface area contributed by atoms with Gasteiger partial charge < -0.3 is 15.4 Å². The molecule has 1 heterocycles. The molecule has 106 valence electrons. The zero-order valence-corrected chi connectivity index (χ0v) is 12.0. The molecule has 1 saturated heterocycles. The fourth-order valence-corrected chi connectivity index (χ4v) is 2.36. The zero-order chi connectivity index (χ0) is 13.7. The summed E-state index contributed by atoms with van der Waals surface area (Å²) in [5.41, 5.74) is 6.42. The number of nitrogens with zero attached hydrogens (tertiary/aromatic N) is 2. The van der Waals surface area contributed by atoms with Crippen LogP contribution in [0.2, 0.25) is 0 Å². The van der Waals surface area contributed by atoms with Crippen LogP contribution in [0.4, 0.5) is 5.69 Å². The van der Waals surface area contributed by atoms with Crippen molar-refractivity contribution in [2.75, 3.05) is 45.6 Å². The second-order valence-corrected chi connectivity index (χ2v) is 5.39. The van der Waals surface area contributed by atoms with E-state index >= 15 is 0 Å². The minimum atomic E-state index is 0.586. The van der Waals surface area contributed by atoms with Gasteiger partial charge in [-0.1, -0.05) is 0 Å². The lowest BCUT2D eigenvalue weighted by Crippen LogP contribution is -2.48. The Hall–Kier alpha value is -1.26. The van der Waals surface area contributed by atoms with Crippen LogP contribution >= 0.6 is 0 Å². The van der Waals surface area contributed by atoms with Gasteiger partial charge in [0, 0.05) is 37.9 Å². The first-order valence-corrected chi connectivity index (χ1v) is 7.06. The molecule has 1 aromatic rings. The van der Waals surface area contributed by atoms with Crippen molar-refractivity contribution < 1.29 is 4.74 Å². The molecule has 4 heteroatoms. The molecule has 1 fully saturated rings. The Morgan fingerprint density at radius 1 is 1.16 bits per heavy atom. The monoisotopic (exact) mass is 263 g/mol. The molecule has 0 spiro atoms. The van der Waals surface area contributed by atoms with E-state index in [4.69, 9.17) is 10.5 Å². The van der Waals surface area contributed by atoms with E-state index in [9.17, 15) is 0 Å². The molecular weight excluding hydrogens is 238 g/mol. The predicted octanol–water partition coefficient (Wildman–Crippen LogP) is 1.67. The molecule has 0 saturated carbocycles. The molecule has 1 aliphatic heterocycles. The summed E-state index contributed by atoms with van der Waals surface area (Å²) in [5.74, 6) is 0.903. The van der Waals surface area contributed by atoms with Crippen molar-refractivity contribution in [3.63, 3.8) is 0 Å². The van der Waals surface area contributed by atoms with Gasteiger partial charge >= 0.3 is 0 Å². The van der Waals surface area contributed by atoms with Gasteiger partial charge in [0.25, 0.3) is 0 Å². The second-order valence-electron chi connectivity index (χ2n) is 5.39. The highest BCUT2D eigenvalue weighted by Crippen LogP contribution is 2.14. The van der Waals surface area contributed by atoms with Crippen molar-refractivity contribution >= 4 is 5.69 Å². The minimum absolute atomic E-state index is 0.586. The summed E-state index contributed by atoms with van der Waals surface area (Å²) in [5, 5.41) is 0. The Labute approximate surface area is 116 Å². The summed E-state index contributed by atoms with van der Waals surface area (Å²) in [6.45, 7) is 7.72. The molecule has 0 bridgehead atoms. The molecule has 1 aliphatic rings. The Kier molecular flexibility index (Phi) is 5.05. The number of nitrogens with two attached hydrogens (primary N) is 1. The van der Waals surface area contributed by atoms with Crippen molar-refractivity contribution in [2.24, 2.45) is 0 Å². The number of ether oxygens (including phenoxy) is 1. The van der Waals surface area contributed by atoms with Crippen LogP contribution in [-0.2, 0) is 0 Å². The smallest absolute Gasteiger partial charge is 0.119 e. The Balaban J connectivity index is 1.69. The summed E-state index contributed by atoms with van der Waals surface area (Å²) in [7, 11) is 2.19. The van der Waals surface area contributed by atoms with Gasteiger partial charge in [-0.15, -0.1) is 0 Å². The van der Waals surface area contributed by atoms with Crippen LogP contribution in [0.15, 0.2) is 24.3 Å². The molecule has 0 aromatic heterocycles. The number of rotatable bonds is 5. The minimum Gasteiger partial charge on any atom is -0.494 e. The van der Waals surface area contributed by atoms with Crippen molar-refractivity contribution in [1.29, 1.82) is 0 Å². The summed E-state index contributed by atoms with van der Waals surface area (Å²) in [6.07, 6.45) is 1.06. The van der Waals surface area contributed by atoms with Crippen molar-refractivity contribution in [3.05, 3.63) is 24.3 Å². The van der Waals surface area contributed by atoms with Gasteiger partial charge in [0.1, 0.15) is 5.75 Å². The first-order chi connectivity index (χ1) is 9.15. The summed E-state index contributed by atoms with van der Waals surface area (Å²) in [6, 6.07) is 8.19. The molecule has 1 atom stereocenters. The fraction of sp³-hybridized carbons (Fsp3) is 0.600. The molecule has 4 nitrogen and oxygen atoms in total. The molecule has 2 rings (SSSR count). The van der Waals surface area contributed by atoms with Crippen LogP contribution in [0, 0.1) is 0 Å². The normalized spacial score (nSPS) is 19.3. The number of benzene rings is 1. The first-order valence-electron chi connectivity index (χ1n) is 7.06. The molecule has 1 unspecified atom stereocenters. The highest BCUT2D eigenvalue weighted by Gasteiger charge is 2.18. The average molecular weight is 263 g/mol. The molecule has 2 N–H and O–H groups in total. The van der Waals surface area contributed by atoms with Gasteiger partial charge in [-0.05, 0) is 44.7 Å². The third-order valence-electron chi connectivity index (χ3n) is 3.85. The second kappa shape index (κ2) is 6.78. The van der Waals surface area contributed by atoms with E-state index in [0.717, 1.165) is 24.5 Å². The lowest BCUT2D eigenvalue weighted by Gasteiger charge is -2.36. The molecular formula is C15H25N3O. The van der Waals surface area contributed by atoms with Gasteiger partial charge in [0.2, 0.25) is 0 Å². The molecule has 0 radical (unpaired) electrons. The summed E-state index contributed by atoms with van der Waals surface area (Å²) >= 11 is 0. The number of piperazine rings is 1. The molecule has 0 aliphatic carbocycles. The van der Waals surface area contributed by atoms with E-state index in [1.807, 2.05) is 24.3 Å². The van der Waals surface area contributed by atoms with Crippen LogP contribution < -0.4 is 10.5 Å². The maximum atomic E-state index is 5.75. The summed E-state index contributed by atoms with van der Waals surface area (Å²) in [4.78, 5) is 4.93. The highest BCUT2D eigenvalue weighted by molar-refractivity contribution is 5.41. The molecule has 19 heavy (non-hydrogen) atoms. The standard InChI is InChI=1S/C15H25N3O/c1-13(18-10-8-17(2)9-11-18)7-12-19-15-5-3-14(16)4-6-15/h3-6,13H,7-12,16H2,1-2H3. The van der Waals surface area contributed by atoms with Crippen molar-refractivity contribution in [1.82, 2.24) is 9.80 Å². The van der Waals surface area contributed by atoms with E-state index in [0.29, 0.717) is 6.04 Å². The lowest BCUT2D eigenvalue weighted by molar-refractivity contribution is 0.106. The quantitative estimate of drug-likeness (QED) is 0.821. The third kappa shape index (κ3) is 4.40. The van der Waals surface area contributed by atoms with Gasteiger partial charge in [0.05, 0.1) is 6.61 Å². The SMILES string of the molecule is CC(CCOc1ccc(N)cc1)N1CCN(C)CC1. The van der Waals surface area contributed by atoms with Crippen LogP contribution in [0.25, 0.3) is 0 Å². The maximum absolute atomic E-state index is 5.75. The van der Waals surface area contributed by atoms with Crippen LogP contribution in [0.5, 0.6) is 5.75 Å². The van der Waals surface area contributed by atoms with Crippen LogP contribution in [0.3, 0.4) is 0 Å². The van der Waals surface area contributed by atoms with Gasteiger partial charge in [0.15, 0.2) is 0 Å². The van der Waals surface area contributed by atoms with Gasteiger partial charge in [-0.3, -0.25) is 4.90 Å². The lowest BCUT2D eigenvalue weighted by atomic mass is 10.2. The highest BCUT2D eigenvalue weighted by atomic mass is 16.5. The number of nitrogen functional groups attached to an aromatic ring is 1. The zero-order valence-electron chi connectivity index (χ0n) is 12.0. The third-order valence-corrected chi connectivity index (χ3v) is 3.85. The van der Waals surface area contributed by atoms with Gasteiger partial charge in [-0.25, -0.2) is 0 Å². The van der Waals surface area contributed by atoms with E-state index in [1.165, 1.54) is 26.2 Å². The largest absolute Gasteiger partial charge is 0.494 e. The Bertz CT molecular complexity index is 371. The van der Waals surface area contributed by atoms with E-state index in [1.54, 1.807) is 0 Å². The fourth-order valence-electron chi connectivity index (χ4n) is 2.36. The average Bonchev–Trinajstić information content (AvgIpc) is 2.41. The topological polar surface area (TPSA) is 41.7 Å². The van der Waals surface area contributed by atoms with Crippen molar-refractivity contribution in [3.8, 4) is 5.75 Å². The number of likely N-dealkylation sites (N-methyl/N-ethyl adjacent to an activating group) is 1. The van der Waals surface area contributed by atoms with Gasteiger partial charge in [-0.2, -0.15) is 0 Å². The molecule has 0 amide bonds. The predicted molar refractivity (Wildman–Crippen MR) is 79.5 cm³/mol. The van der Waals surface area contributed by atoms with E-state index in [2.05, 4.69) is 23.8 Å². The first kappa shape index (κ1) is 14.2. The Morgan fingerprint density at radius 3 is 2.42 bits per heavy atom. The van der Waals surface area contributed by atoms with Crippen LogP contribution in [-0.4, -0.2) is 55.7 Å². The maximum Gasteiger partial charge on any atom is 0.119 e. The Morgan fingerprint density at radius 2 is 1.79 bits per heavy atom. The number of hydrogen-bond donors (Lipinski definition) is 1. The summed E-state index contributed by atoms with van der Waals surface area (Å²) < 4.78 is 5.75. The number of hydrogen-bond acceptors (Lipinski definition) is 4. The van der Waals surface area contributed by atoms with E-state index < -0.39 is 0 Å². The van der Waals surface area contributed by atoms with Crippen LogP contribution in [0.1, 0.15) is 13.3 Å². The number of anilines is 1. The molecule has 1 aromatic carbocycles.